The van der Waals surface area contributed by atoms with Crippen molar-refractivity contribution in [3.05, 3.63) is 34.9 Å². The lowest BCUT2D eigenvalue weighted by Crippen LogP contribution is -2.15. The van der Waals surface area contributed by atoms with E-state index in [1.807, 2.05) is 0 Å². The quantitative estimate of drug-likeness (QED) is 0.644. The van der Waals surface area contributed by atoms with Crippen LogP contribution in [0.15, 0.2) is 18.2 Å². The maximum atomic E-state index is 6.15. The molecule has 1 aromatic rings. The summed E-state index contributed by atoms with van der Waals surface area (Å²) in [6.07, 6.45) is 0. The molecule has 70 valence electrons. The molecular weight excluding hydrogens is 158 g/mol. The minimum absolute atomic E-state index is 0.241. The number of fused-ring (bicyclic) bond motifs is 1. The highest BCUT2D eigenvalue weighted by molar-refractivity contribution is 5.41. The van der Waals surface area contributed by atoms with Crippen molar-refractivity contribution in [2.45, 2.75) is 32.7 Å². The Labute approximate surface area is 80.0 Å². The highest BCUT2D eigenvalue weighted by Crippen LogP contribution is 2.43. The van der Waals surface area contributed by atoms with Crippen molar-refractivity contribution >= 4 is 0 Å². The van der Waals surface area contributed by atoms with Crippen molar-refractivity contribution in [2.75, 3.05) is 0 Å². The summed E-state index contributed by atoms with van der Waals surface area (Å²) in [7, 11) is 0. The van der Waals surface area contributed by atoms with Gasteiger partial charge in [-0.3, -0.25) is 0 Å². The molecule has 0 aliphatic heterocycles. The highest BCUT2D eigenvalue weighted by atomic mass is 14.7. The average Bonchev–Trinajstić information content (AvgIpc) is 2.32. The van der Waals surface area contributed by atoms with Gasteiger partial charge in [-0.05, 0) is 29.9 Å². The number of rotatable bonds is 0. The van der Waals surface area contributed by atoms with Gasteiger partial charge in [0.05, 0.1) is 0 Å². The molecule has 3 atom stereocenters. The molecule has 2 rings (SSSR count). The Hall–Kier alpha value is -0.820. The van der Waals surface area contributed by atoms with E-state index in [2.05, 4.69) is 39.0 Å². The zero-order valence-electron chi connectivity index (χ0n) is 8.54. The molecule has 1 heteroatoms. The molecule has 1 aliphatic rings. The fourth-order valence-corrected chi connectivity index (χ4v) is 2.27. The van der Waals surface area contributed by atoms with Crippen LogP contribution in [0, 0.1) is 12.8 Å². The van der Waals surface area contributed by atoms with E-state index in [1.165, 1.54) is 16.7 Å². The largest absolute Gasteiger partial charge is 0.324 e. The minimum atomic E-state index is 0.241. The normalized spacial score (nSPS) is 31.8. The van der Waals surface area contributed by atoms with Gasteiger partial charge in [0.15, 0.2) is 0 Å². The fraction of sp³-hybridized carbons (Fsp3) is 0.500. The first-order valence-corrected chi connectivity index (χ1v) is 4.97. The minimum Gasteiger partial charge on any atom is -0.324 e. The van der Waals surface area contributed by atoms with Crippen LogP contribution in [-0.2, 0) is 0 Å². The summed E-state index contributed by atoms with van der Waals surface area (Å²) in [4.78, 5) is 0. The number of benzene rings is 1. The van der Waals surface area contributed by atoms with Crippen LogP contribution in [-0.4, -0.2) is 0 Å². The molecule has 0 radical (unpaired) electrons. The maximum absolute atomic E-state index is 6.15. The standard InChI is InChI=1S/C12H17N/c1-7-4-5-10-8(2)9(3)12(13)11(10)6-7/h4-6,8-9,12H,13H2,1-3H3. The first kappa shape index (κ1) is 8.76. The molecule has 0 saturated heterocycles. The summed E-state index contributed by atoms with van der Waals surface area (Å²) < 4.78 is 0. The molecule has 13 heavy (non-hydrogen) atoms. The summed E-state index contributed by atoms with van der Waals surface area (Å²) in [6, 6.07) is 6.89. The molecule has 0 fully saturated rings. The third kappa shape index (κ3) is 1.19. The Bertz CT molecular complexity index is 330. The van der Waals surface area contributed by atoms with Crippen LogP contribution in [0.3, 0.4) is 0 Å². The van der Waals surface area contributed by atoms with Crippen LogP contribution in [0.4, 0.5) is 0 Å². The molecule has 0 spiro atoms. The molecule has 0 amide bonds. The van der Waals surface area contributed by atoms with Crippen LogP contribution in [0.25, 0.3) is 0 Å². The van der Waals surface area contributed by atoms with E-state index in [0.717, 1.165) is 0 Å². The molecule has 0 bridgehead atoms. The van der Waals surface area contributed by atoms with E-state index < -0.39 is 0 Å². The van der Waals surface area contributed by atoms with Crippen molar-refractivity contribution in [3.8, 4) is 0 Å². The monoisotopic (exact) mass is 175 g/mol. The SMILES string of the molecule is Cc1ccc2c(c1)C(N)C(C)C2C. The van der Waals surface area contributed by atoms with Crippen molar-refractivity contribution < 1.29 is 0 Å². The van der Waals surface area contributed by atoms with Gasteiger partial charge in [0, 0.05) is 6.04 Å². The van der Waals surface area contributed by atoms with Gasteiger partial charge >= 0.3 is 0 Å². The zero-order valence-corrected chi connectivity index (χ0v) is 8.54. The second kappa shape index (κ2) is 2.85. The van der Waals surface area contributed by atoms with Gasteiger partial charge < -0.3 is 5.73 Å². The highest BCUT2D eigenvalue weighted by Gasteiger charge is 2.32. The van der Waals surface area contributed by atoms with Gasteiger partial charge in [0.1, 0.15) is 0 Å². The van der Waals surface area contributed by atoms with Gasteiger partial charge in [-0.2, -0.15) is 0 Å². The van der Waals surface area contributed by atoms with Gasteiger partial charge in [-0.15, -0.1) is 0 Å². The predicted molar refractivity (Wildman–Crippen MR) is 55.7 cm³/mol. The van der Waals surface area contributed by atoms with Gasteiger partial charge in [-0.1, -0.05) is 37.6 Å². The van der Waals surface area contributed by atoms with E-state index in [0.29, 0.717) is 11.8 Å². The second-order valence-corrected chi connectivity index (χ2v) is 4.31. The van der Waals surface area contributed by atoms with Crippen LogP contribution in [0.5, 0.6) is 0 Å². The summed E-state index contributed by atoms with van der Waals surface area (Å²) in [5, 5.41) is 0. The number of hydrogen-bond donors (Lipinski definition) is 1. The summed E-state index contributed by atoms with van der Waals surface area (Å²) in [5.41, 5.74) is 10.3. The first-order valence-electron chi connectivity index (χ1n) is 4.97. The van der Waals surface area contributed by atoms with Crippen molar-refractivity contribution in [2.24, 2.45) is 11.7 Å². The summed E-state index contributed by atoms with van der Waals surface area (Å²) >= 11 is 0. The van der Waals surface area contributed by atoms with Gasteiger partial charge in [-0.25, -0.2) is 0 Å². The van der Waals surface area contributed by atoms with Crippen molar-refractivity contribution in [1.29, 1.82) is 0 Å². The lowest BCUT2D eigenvalue weighted by molar-refractivity contribution is 0.451. The average molecular weight is 175 g/mol. The van der Waals surface area contributed by atoms with Gasteiger partial charge in [0.2, 0.25) is 0 Å². The molecular formula is C12H17N. The predicted octanol–water partition coefficient (Wildman–Crippen LogP) is 2.75. The maximum Gasteiger partial charge on any atom is 0.0329 e. The van der Waals surface area contributed by atoms with Crippen molar-refractivity contribution in [3.63, 3.8) is 0 Å². The Balaban J connectivity index is 2.54. The molecule has 2 N–H and O–H groups in total. The smallest absolute Gasteiger partial charge is 0.0329 e. The third-order valence-electron chi connectivity index (χ3n) is 3.45. The van der Waals surface area contributed by atoms with E-state index in [4.69, 9.17) is 5.73 Å². The zero-order chi connectivity index (χ0) is 9.59. The molecule has 0 saturated carbocycles. The van der Waals surface area contributed by atoms with E-state index in [1.54, 1.807) is 0 Å². The third-order valence-corrected chi connectivity index (χ3v) is 3.45. The van der Waals surface area contributed by atoms with E-state index >= 15 is 0 Å². The molecule has 3 unspecified atom stereocenters. The van der Waals surface area contributed by atoms with Crippen LogP contribution in [0.2, 0.25) is 0 Å². The molecule has 1 aromatic carbocycles. The number of aryl methyl sites for hydroxylation is 1. The number of nitrogens with two attached hydrogens (primary N) is 1. The molecule has 1 nitrogen and oxygen atoms in total. The Morgan fingerprint density at radius 1 is 1.15 bits per heavy atom. The van der Waals surface area contributed by atoms with E-state index in [9.17, 15) is 0 Å². The Morgan fingerprint density at radius 2 is 1.85 bits per heavy atom. The summed E-state index contributed by atoms with van der Waals surface area (Å²) in [6.45, 7) is 6.64. The Kier molecular flexibility index (Phi) is 1.92. The molecule has 0 heterocycles. The molecule has 1 aliphatic carbocycles. The van der Waals surface area contributed by atoms with Crippen LogP contribution < -0.4 is 5.73 Å². The first-order chi connectivity index (χ1) is 6.11. The van der Waals surface area contributed by atoms with Crippen LogP contribution in [0.1, 0.15) is 42.5 Å². The van der Waals surface area contributed by atoms with Gasteiger partial charge in [0.25, 0.3) is 0 Å². The van der Waals surface area contributed by atoms with Crippen LogP contribution >= 0.6 is 0 Å². The topological polar surface area (TPSA) is 26.0 Å². The Morgan fingerprint density at radius 3 is 2.54 bits per heavy atom. The second-order valence-electron chi connectivity index (χ2n) is 4.31. The summed E-state index contributed by atoms with van der Waals surface area (Å²) in [5.74, 6) is 1.20. The number of hydrogen-bond acceptors (Lipinski definition) is 1. The lowest BCUT2D eigenvalue weighted by atomic mass is 9.95. The molecule has 0 aromatic heterocycles. The lowest BCUT2D eigenvalue weighted by Gasteiger charge is -2.13. The van der Waals surface area contributed by atoms with E-state index in [-0.39, 0.29) is 6.04 Å². The fourth-order valence-electron chi connectivity index (χ4n) is 2.27. The van der Waals surface area contributed by atoms with Crippen molar-refractivity contribution in [1.82, 2.24) is 0 Å².